The van der Waals surface area contributed by atoms with E-state index >= 15 is 0 Å². The topological polar surface area (TPSA) is 76.1 Å². The van der Waals surface area contributed by atoms with Gasteiger partial charge in [0.05, 0.1) is 13.7 Å². The average molecular weight is 293 g/mol. The summed E-state index contributed by atoms with van der Waals surface area (Å²) in [5.41, 5.74) is 0.410. The van der Waals surface area contributed by atoms with Gasteiger partial charge in [0, 0.05) is 12.1 Å². The van der Waals surface area contributed by atoms with Crippen molar-refractivity contribution in [3.05, 3.63) is 23.8 Å². The highest BCUT2D eigenvalue weighted by Crippen LogP contribution is 2.29. The van der Waals surface area contributed by atoms with Crippen molar-refractivity contribution in [1.82, 2.24) is 4.90 Å². The first-order valence-electron chi connectivity index (χ1n) is 6.93. The summed E-state index contributed by atoms with van der Waals surface area (Å²) in [5.74, 6) is -0.218. The molecule has 0 aliphatic carbocycles. The molecule has 0 spiro atoms. The Balaban J connectivity index is 2.26. The fourth-order valence-corrected chi connectivity index (χ4v) is 2.51. The maximum Gasteiger partial charge on any atom is 0.326 e. The number of carboxylic acids is 1. The number of carboxylic acid groups (broad SMARTS) is 1. The summed E-state index contributed by atoms with van der Waals surface area (Å²) in [6, 6.07) is 4.14. The molecule has 1 aromatic carbocycles. The molecule has 21 heavy (non-hydrogen) atoms. The molecule has 1 heterocycles. The van der Waals surface area contributed by atoms with Crippen LogP contribution in [0.2, 0.25) is 0 Å². The van der Waals surface area contributed by atoms with Crippen LogP contribution in [0.25, 0.3) is 0 Å². The van der Waals surface area contributed by atoms with Gasteiger partial charge in [0.25, 0.3) is 5.91 Å². The highest BCUT2D eigenvalue weighted by atomic mass is 16.5. The van der Waals surface area contributed by atoms with Crippen molar-refractivity contribution in [3.63, 3.8) is 0 Å². The van der Waals surface area contributed by atoms with Crippen molar-refractivity contribution in [2.45, 2.75) is 25.8 Å². The molecular weight excluding hydrogens is 274 g/mol. The van der Waals surface area contributed by atoms with Crippen LogP contribution in [0.5, 0.6) is 11.5 Å². The number of hydrogen-bond donors (Lipinski definition) is 1. The van der Waals surface area contributed by atoms with Gasteiger partial charge in [-0.25, -0.2) is 4.79 Å². The van der Waals surface area contributed by atoms with E-state index < -0.39 is 12.0 Å². The Morgan fingerprint density at radius 3 is 2.76 bits per heavy atom. The van der Waals surface area contributed by atoms with E-state index in [1.54, 1.807) is 18.2 Å². The van der Waals surface area contributed by atoms with Gasteiger partial charge in [0.2, 0.25) is 0 Å². The number of amides is 1. The Morgan fingerprint density at radius 1 is 1.38 bits per heavy atom. The number of ether oxygens (including phenoxy) is 2. The number of carbonyl (C=O) groups is 2. The number of hydrogen-bond acceptors (Lipinski definition) is 4. The summed E-state index contributed by atoms with van der Waals surface area (Å²) in [6.07, 6.45) is 1.20. The monoisotopic (exact) mass is 293 g/mol. The maximum absolute atomic E-state index is 12.5. The lowest BCUT2D eigenvalue weighted by Crippen LogP contribution is -2.40. The third kappa shape index (κ3) is 3.09. The Labute approximate surface area is 123 Å². The van der Waals surface area contributed by atoms with Gasteiger partial charge in [-0.1, -0.05) is 0 Å². The molecular formula is C15H19NO5. The fraction of sp³-hybridized carbons (Fsp3) is 0.467. The molecule has 1 fully saturated rings. The lowest BCUT2D eigenvalue weighted by Gasteiger charge is -2.22. The molecule has 1 aromatic rings. The molecule has 1 saturated heterocycles. The lowest BCUT2D eigenvalue weighted by molar-refractivity contribution is -0.141. The molecule has 1 atom stereocenters. The van der Waals surface area contributed by atoms with Crippen molar-refractivity contribution in [3.8, 4) is 11.5 Å². The Morgan fingerprint density at radius 2 is 2.14 bits per heavy atom. The summed E-state index contributed by atoms with van der Waals surface area (Å²) in [6.45, 7) is 2.76. The molecule has 1 amide bonds. The summed E-state index contributed by atoms with van der Waals surface area (Å²) in [7, 11) is 1.53. The van der Waals surface area contributed by atoms with Crippen LogP contribution >= 0.6 is 0 Å². The zero-order chi connectivity index (χ0) is 15.4. The van der Waals surface area contributed by atoms with Gasteiger partial charge in [-0.05, 0) is 38.0 Å². The number of rotatable bonds is 5. The lowest BCUT2D eigenvalue weighted by atomic mass is 10.1. The van der Waals surface area contributed by atoms with Gasteiger partial charge in [-0.2, -0.15) is 0 Å². The molecule has 0 radical (unpaired) electrons. The Hall–Kier alpha value is -2.24. The third-order valence-electron chi connectivity index (χ3n) is 3.51. The molecule has 2 rings (SSSR count). The third-order valence-corrected chi connectivity index (χ3v) is 3.51. The number of likely N-dealkylation sites (tertiary alicyclic amines) is 1. The summed E-state index contributed by atoms with van der Waals surface area (Å²) in [5, 5.41) is 9.16. The van der Waals surface area contributed by atoms with Crippen LogP contribution in [-0.4, -0.2) is 48.2 Å². The second kappa shape index (κ2) is 6.47. The number of benzene rings is 1. The van der Waals surface area contributed by atoms with Gasteiger partial charge in [0.1, 0.15) is 6.04 Å². The predicted molar refractivity (Wildman–Crippen MR) is 75.9 cm³/mol. The zero-order valence-corrected chi connectivity index (χ0v) is 12.2. The summed E-state index contributed by atoms with van der Waals surface area (Å²) in [4.78, 5) is 25.1. The number of nitrogens with zero attached hydrogens (tertiary/aromatic N) is 1. The van der Waals surface area contributed by atoms with Crippen molar-refractivity contribution >= 4 is 11.9 Å². The van der Waals surface area contributed by atoms with Crippen LogP contribution in [0.15, 0.2) is 18.2 Å². The zero-order valence-electron chi connectivity index (χ0n) is 12.2. The molecule has 1 aliphatic rings. The SMILES string of the molecule is CCOc1cc(C(=O)N2CCCC2C(=O)O)ccc1OC. The van der Waals surface area contributed by atoms with Gasteiger partial charge in [-0.15, -0.1) is 0 Å². The van der Waals surface area contributed by atoms with Gasteiger partial charge < -0.3 is 19.5 Å². The van der Waals surface area contributed by atoms with E-state index in [-0.39, 0.29) is 5.91 Å². The van der Waals surface area contributed by atoms with Crippen LogP contribution in [0.4, 0.5) is 0 Å². The molecule has 0 bridgehead atoms. The Kier molecular flexibility index (Phi) is 4.67. The van der Waals surface area contributed by atoms with Crippen LogP contribution < -0.4 is 9.47 Å². The van der Waals surface area contributed by atoms with Gasteiger partial charge >= 0.3 is 5.97 Å². The minimum atomic E-state index is -0.959. The quantitative estimate of drug-likeness (QED) is 0.895. The molecule has 1 aliphatic heterocycles. The summed E-state index contributed by atoms with van der Waals surface area (Å²) < 4.78 is 10.6. The van der Waals surface area contributed by atoms with Crippen LogP contribution in [-0.2, 0) is 4.79 Å². The molecule has 1 unspecified atom stereocenters. The van der Waals surface area contributed by atoms with E-state index in [2.05, 4.69) is 0 Å². The fourth-order valence-electron chi connectivity index (χ4n) is 2.51. The molecule has 6 heteroatoms. The van der Waals surface area contributed by atoms with Crippen molar-refractivity contribution in [2.75, 3.05) is 20.3 Å². The van der Waals surface area contributed by atoms with E-state index in [9.17, 15) is 9.59 Å². The largest absolute Gasteiger partial charge is 0.493 e. The van der Waals surface area contributed by atoms with Crippen LogP contribution in [0, 0.1) is 0 Å². The second-order valence-corrected chi connectivity index (χ2v) is 4.79. The second-order valence-electron chi connectivity index (χ2n) is 4.79. The number of aliphatic carboxylic acids is 1. The van der Waals surface area contributed by atoms with E-state index in [1.807, 2.05) is 6.92 Å². The highest BCUT2D eigenvalue weighted by molar-refractivity contribution is 5.97. The number of methoxy groups -OCH3 is 1. The average Bonchev–Trinajstić information content (AvgIpc) is 2.96. The van der Waals surface area contributed by atoms with Crippen molar-refractivity contribution in [1.29, 1.82) is 0 Å². The van der Waals surface area contributed by atoms with Crippen molar-refractivity contribution < 1.29 is 24.2 Å². The minimum Gasteiger partial charge on any atom is -0.493 e. The van der Waals surface area contributed by atoms with Gasteiger partial charge in [0.15, 0.2) is 11.5 Å². The van der Waals surface area contributed by atoms with Crippen molar-refractivity contribution in [2.24, 2.45) is 0 Å². The smallest absolute Gasteiger partial charge is 0.326 e. The summed E-state index contributed by atoms with van der Waals surface area (Å²) >= 11 is 0. The molecule has 6 nitrogen and oxygen atoms in total. The number of carbonyl (C=O) groups excluding carboxylic acids is 1. The van der Waals surface area contributed by atoms with E-state index in [1.165, 1.54) is 12.0 Å². The Bertz CT molecular complexity index is 543. The molecule has 1 N–H and O–H groups in total. The maximum atomic E-state index is 12.5. The van der Waals surface area contributed by atoms with E-state index in [0.29, 0.717) is 43.1 Å². The van der Waals surface area contributed by atoms with Gasteiger partial charge in [-0.3, -0.25) is 4.79 Å². The predicted octanol–water partition coefficient (Wildman–Crippen LogP) is 1.78. The van der Waals surface area contributed by atoms with E-state index in [4.69, 9.17) is 14.6 Å². The van der Waals surface area contributed by atoms with Crippen LogP contribution in [0.3, 0.4) is 0 Å². The minimum absolute atomic E-state index is 0.288. The molecule has 0 saturated carbocycles. The first kappa shape index (κ1) is 15.2. The normalized spacial score (nSPS) is 17.6. The molecule has 0 aromatic heterocycles. The molecule has 114 valence electrons. The highest BCUT2D eigenvalue weighted by Gasteiger charge is 2.34. The van der Waals surface area contributed by atoms with Crippen LogP contribution in [0.1, 0.15) is 30.1 Å². The first-order valence-corrected chi connectivity index (χ1v) is 6.93. The van der Waals surface area contributed by atoms with E-state index in [0.717, 1.165) is 0 Å². The standard InChI is InChI=1S/C15H19NO5/c1-3-21-13-9-10(6-7-12(13)20-2)14(17)16-8-4-5-11(16)15(18)19/h6-7,9,11H,3-5,8H2,1-2H3,(H,18,19). The first-order chi connectivity index (χ1) is 10.1.